The van der Waals surface area contributed by atoms with Gasteiger partial charge in [-0.15, -0.1) is 10.2 Å². The molecule has 1 amide bonds. The summed E-state index contributed by atoms with van der Waals surface area (Å²) in [4.78, 5) is 12.8. The minimum Gasteiger partial charge on any atom is -0.325 e. The Morgan fingerprint density at radius 2 is 1.69 bits per heavy atom. The summed E-state index contributed by atoms with van der Waals surface area (Å²) < 4.78 is 13.3. The Bertz CT molecular complexity index is 1270. The number of amides is 1. The topological polar surface area (TPSA) is 54.9 Å². The number of benzene rings is 3. The monoisotopic (exact) mass is 445 g/mol. The first-order chi connectivity index (χ1) is 15.4. The number of hydrogen-bond acceptors (Lipinski definition) is 4. The number of para-hydroxylation sites is 1. The van der Waals surface area contributed by atoms with Crippen LogP contribution in [0.3, 0.4) is 0 Å². The molecular formula is C26H24FN3OS. The highest BCUT2D eigenvalue weighted by Gasteiger charge is 2.15. The van der Waals surface area contributed by atoms with Crippen molar-refractivity contribution in [1.82, 2.24) is 10.2 Å². The SMILES string of the molecule is Cc1cccc(C(C)C)c1NC(=O)CSc1nnc(-c2ccc(F)cc2)c2ccccc12. The molecule has 162 valence electrons. The molecule has 1 heterocycles. The molecule has 1 aromatic heterocycles. The third-order valence-electron chi connectivity index (χ3n) is 5.30. The van der Waals surface area contributed by atoms with Gasteiger partial charge in [-0.25, -0.2) is 4.39 Å². The van der Waals surface area contributed by atoms with Gasteiger partial charge in [0.05, 0.1) is 5.75 Å². The number of anilines is 1. The summed E-state index contributed by atoms with van der Waals surface area (Å²) in [7, 11) is 0. The summed E-state index contributed by atoms with van der Waals surface area (Å²) in [5, 5.41) is 14.4. The molecule has 1 N–H and O–H groups in total. The zero-order valence-corrected chi connectivity index (χ0v) is 19.0. The van der Waals surface area contributed by atoms with Crippen LogP contribution < -0.4 is 5.32 Å². The van der Waals surface area contributed by atoms with Crippen LogP contribution in [-0.4, -0.2) is 21.9 Å². The van der Waals surface area contributed by atoms with Crippen LogP contribution in [0.2, 0.25) is 0 Å². The van der Waals surface area contributed by atoms with Crippen LogP contribution in [0.4, 0.5) is 10.1 Å². The number of nitrogens with one attached hydrogen (secondary N) is 1. The number of nitrogens with zero attached hydrogens (tertiary/aromatic N) is 2. The molecule has 0 saturated heterocycles. The predicted molar refractivity (Wildman–Crippen MR) is 130 cm³/mol. The van der Waals surface area contributed by atoms with Gasteiger partial charge in [0.2, 0.25) is 5.91 Å². The maximum absolute atomic E-state index is 13.3. The van der Waals surface area contributed by atoms with Crippen molar-refractivity contribution in [1.29, 1.82) is 0 Å². The van der Waals surface area contributed by atoms with Gasteiger partial charge in [0.25, 0.3) is 0 Å². The van der Waals surface area contributed by atoms with Crippen LogP contribution in [0.15, 0.2) is 71.8 Å². The first-order valence-corrected chi connectivity index (χ1v) is 11.5. The Morgan fingerprint density at radius 3 is 2.41 bits per heavy atom. The zero-order chi connectivity index (χ0) is 22.7. The van der Waals surface area contributed by atoms with Crippen molar-refractivity contribution in [2.45, 2.75) is 31.7 Å². The molecular weight excluding hydrogens is 421 g/mol. The summed E-state index contributed by atoms with van der Waals surface area (Å²) in [5.74, 6) is 0.158. The van der Waals surface area contributed by atoms with Crippen molar-refractivity contribution in [2.24, 2.45) is 0 Å². The summed E-state index contributed by atoms with van der Waals surface area (Å²) in [5.41, 5.74) is 4.54. The van der Waals surface area contributed by atoms with E-state index in [9.17, 15) is 9.18 Å². The largest absolute Gasteiger partial charge is 0.325 e. The van der Waals surface area contributed by atoms with Crippen LogP contribution >= 0.6 is 11.8 Å². The van der Waals surface area contributed by atoms with Crippen LogP contribution in [0.1, 0.15) is 30.9 Å². The number of fused-ring (bicyclic) bond motifs is 1. The Morgan fingerprint density at radius 1 is 0.969 bits per heavy atom. The van der Waals surface area contributed by atoms with E-state index in [0.717, 1.165) is 33.2 Å². The van der Waals surface area contributed by atoms with Crippen molar-refractivity contribution >= 4 is 34.1 Å². The molecule has 0 fully saturated rings. The fourth-order valence-electron chi connectivity index (χ4n) is 3.66. The highest BCUT2D eigenvalue weighted by Crippen LogP contribution is 2.32. The van der Waals surface area contributed by atoms with Crippen LogP contribution in [0.5, 0.6) is 0 Å². The zero-order valence-electron chi connectivity index (χ0n) is 18.2. The van der Waals surface area contributed by atoms with Crippen molar-refractivity contribution in [3.8, 4) is 11.3 Å². The van der Waals surface area contributed by atoms with E-state index in [1.54, 1.807) is 12.1 Å². The number of carbonyl (C=O) groups excluding carboxylic acids is 1. The van der Waals surface area contributed by atoms with Crippen LogP contribution in [-0.2, 0) is 4.79 Å². The maximum atomic E-state index is 13.3. The Labute approximate surface area is 191 Å². The number of halogens is 1. The molecule has 0 unspecified atom stereocenters. The second-order valence-corrected chi connectivity index (χ2v) is 8.90. The van der Waals surface area contributed by atoms with E-state index < -0.39 is 0 Å². The van der Waals surface area contributed by atoms with Crippen molar-refractivity contribution < 1.29 is 9.18 Å². The Balaban J connectivity index is 1.57. The fourth-order valence-corrected chi connectivity index (χ4v) is 4.43. The molecule has 0 spiro atoms. The highest BCUT2D eigenvalue weighted by molar-refractivity contribution is 8.00. The molecule has 4 nitrogen and oxygen atoms in total. The van der Waals surface area contributed by atoms with Gasteiger partial charge in [0.1, 0.15) is 16.5 Å². The minimum absolute atomic E-state index is 0.0836. The van der Waals surface area contributed by atoms with Gasteiger partial charge in [-0.3, -0.25) is 4.79 Å². The lowest BCUT2D eigenvalue weighted by atomic mass is 9.98. The van der Waals surface area contributed by atoms with Gasteiger partial charge < -0.3 is 5.32 Å². The molecule has 0 aliphatic carbocycles. The highest BCUT2D eigenvalue weighted by atomic mass is 32.2. The Hall–Kier alpha value is -3.25. The number of rotatable bonds is 6. The number of hydrogen-bond donors (Lipinski definition) is 1. The lowest BCUT2D eigenvalue weighted by Crippen LogP contribution is -2.16. The smallest absolute Gasteiger partial charge is 0.234 e. The normalized spacial score (nSPS) is 11.2. The van der Waals surface area contributed by atoms with E-state index in [1.807, 2.05) is 49.4 Å². The van der Waals surface area contributed by atoms with Gasteiger partial charge in [-0.2, -0.15) is 0 Å². The summed E-state index contributed by atoms with van der Waals surface area (Å²) in [6.45, 7) is 6.23. The summed E-state index contributed by atoms with van der Waals surface area (Å²) in [6.07, 6.45) is 0. The van der Waals surface area contributed by atoms with Crippen LogP contribution in [0, 0.1) is 12.7 Å². The van der Waals surface area contributed by atoms with Crippen molar-refractivity contribution in [3.63, 3.8) is 0 Å². The number of aryl methyl sites for hydroxylation is 1. The Kier molecular flexibility index (Phi) is 6.51. The van der Waals surface area contributed by atoms with Crippen molar-refractivity contribution in [2.75, 3.05) is 11.1 Å². The summed E-state index contributed by atoms with van der Waals surface area (Å²) in [6, 6.07) is 20.1. The van der Waals surface area contributed by atoms with Gasteiger partial charge in [-0.05, 0) is 48.2 Å². The van der Waals surface area contributed by atoms with E-state index in [1.165, 1.54) is 23.9 Å². The third-order valence-corrected chi connectivity index (χ3v) is 6.28. The quantitative estimate of drug-likeness (QED) is 0.340. The molecule has 3 aromatic carbocycles. The number of carbonyl (C=O) groups is 1. The second kappa shape index (κ2) is 9.49. The van der Waals surface area contributed by atoms with E-state index in [-0.39, 0.29) is 17.5 Å². The van der Waals surface area contributed by atoms with E-state index in [4.69, 9.17) is 0 Å². The minimum atomic E-state index is -0.293. The predicted octanol–water partition coefficient (Wildman–Crippen LogP) is 6.60. The molecule has 0 atom stereocenters. The molecule has 4 aromatic rings. The van der Waals surface area contributed by atoms with E-state index in [2.05, 4.69) is 29.4 Å². The average Bonchev–Trinajstić information content (AvgIpc) is 2.79. The molecule has 4 rings (SSSR count). The maximum Gasteiger partial charge on any atom is 0.234 e. The lowest BCUT2D eigenvalue weighted by molar-refractivity contribution is -0.113. The third kappa shape index (κ3) is 4.65. The molecule has 0 aliphatic heterocycles. The lowest BCUT2D eigenvalue weighted by Gasteiger charge is -2.16. The molecule has 0 aliphatic rings. The van der Waals surface area contributed by atoms with Crippen LogP contribution in [0.25, 0.3) is 22.0 Å². The van der Waals surface area contributed by atoms with Gasteiger partial charge >= 0.3 is 0 Å². The second-order valence-electron chi connectivity index (χ2n) is 7.94. The molecule has 6 heteroatoms. The molecule has 0 radical (unpaired) electrons. The van der Waals surface area contributed by atoms with Crippen molar-refractivity contribution in [3.05, 3.63) is 83.7 Å². The standard InChI is InChI=1S/C26H24FN3OS/c1-16(2)20-10-6-7-17(3)24(20)28-23(31)15-32-26-22-9-5-4-8-21(22)25(29-30-26)18-11-13-19(27)14-12-18/h4-14,16H,15H2,1-3H3,(H,28,31). The van der Waals surface area contributed by atoms with E-state index >= 15 is 0 Å². The molecule has 0 bridgehead atoms. The van der Waals surface area contributed by atoms with E-state index in [0.29, 0.717) is 16.6 Å². The summed E-state index contributed by atoms with van der Waals surface area (Å²) >= 11 is 1.36. The number of thioether (sulfide) groups is 1. The first kappa shape index (κ1) is 22.0. The van der Waals surface area contributed by atoms with Gasteiger partial charge in [0.15, 0.2) is 0 Å². The average molecular weight is 446 g/mol. The van der Waals surface area contributed by atoms with Gasteiger partial charge in [-0.1, -0.05) is 68.1 Å². The van der Waals surface area contributed by atoms with Gasteiger partial charge in [0, 0.05) is 22.0 Å². The number of aromatic nitrogens is 2. The first-order valence-electron chi connectivity index (χ1n) is 10.5. The molecule has 32 heavy (non-hydrogen) atoms. The molecule has 0 saturated carbocycles. The fraction of sp³-hybridized carbons (Fsp3) is 0.192.